The second-order valence-electron chi connectivity index (χ2n) is 5.40. The molecule has 0 amide bonds. The van der Waals surface area contributed by atoms with Crippen molar-refractivity contribution in [1.29, 1.82) is 0 Å². The van der Waals surface area contributed by atoms with Crippen LogP contribution in [-0.4, -0.2) is 25.3 Å². The molecule has 7 heteroatoms. The van der Waals surface area contributed by atoms with Crippen LogP contribution in [-0.2, 0) is 11.2 Å². The van der Waals surface area contributed by atoms with E-state index in [1.54, 1.807) is 17.0 Å². The van der Waals surface area contributed by atoms with Crippen LogP contribution in [0.5, 0.6) is 0 Å². The summed E-state index contributed by atoms with van der Waals surface area (Å²) in [4.78, 5) is 21.3. The maximum atomic E-state index is 12.7. The summed E-state index contributed by atoms with van der Waals surface area (Å²) < 4.78 is 14.2. The van der Waals surface area contributed by atoms with Crippen LogP contribution >= 0.6 is 22.6 Å². The van der Waals surface area contributed by atoms with Gasteiger partial charge in [-0.3, -0.25) is 9.36 Å². The van der Waals surface area contributed by atoms with Crippen LogP contribution in [0.2, 0.25) is 0 Å². The Morgan fingerprint density at radius 3 is 2.71 bits per heavy atom. The van der Waals surface area contributed by atoms with Crippen molar-refractivity contribution in [3.8, 4) is 0 Å². The minimum Gasteiger partial charge on any atom is -0.609 e. The second-order valence-corrected chi connectivity index (χ2v) is 7.75. The van der Waals surface area contributed by atoms with E-state index in [1.165, 1.54) is 0 Å². The van der Waals surface area contributed by atoms with Crippen molar-refractivity contribution in [2.45, 2.75) is 43.8 Å². The fourth-order valence-corrected chi connectivity index (χ4v) is 3.89. The first-order valence-electron chi connectivity index (χ1n) is 6.91. The Bertz CT molecular complexity index is 754. The first-order valence-corrected chi connectivity index (χ1v) is 9.55. The third-order valence-corrected chi connectivity index (χ3v) is 6.04. The van der Waals surface area contributed by atoms with Gasteiger partial charge in [0.25, 0.3) is 5.56 Å². The molecule has 2 aromatic rings. The average Bonchev–Trinajstić information content (AvgIpc) is 2.98. The number of hydrogen-bond acceptors (Lipinski definition) is 4. The van der Waals surface area contributed by atoms with Crippen LogP contribution in [0.15, 0.2) is 16.1 Å². The molecule has 1 aliphatic carbocycles. The third kappa shape index (κ3) is 2.59. The summed E-state index contributed by atoms with van der Waals surface area (Å²) in [7, 11) is 0. The van der Waals surface area contributed by atoms with Gasteiger partial charge in [-0.15, -0.1) is 0 Å². The summed E-state index contributed by atoms with van der Waals surface area (Å²) in [5, 5.41) is 1.16. The summed E-state index contributed by atoms with van der Waals surface area (Å²) in [6.45, 7) is 1.91. The van der Waals surface area contributed by atoms with Crippen molar-refractivity contribution in [3.63, 3.8) is 0 Å². The first kappa shape index (κ1) is 15.2. The van der Waals surface area contributed by atoms with E-state index in [-0.39, 0.29) is 16.8 Å². The minimum absolute atomic E-state index is 0.0130. The Morgan fingerprint density at radius 1 is 1.43 bits per heavy atom. The predicted molar refractivity (Wildman–Crippen MR) is 91.1 cm³/mol. The molecule has 1 atom stereocenters. The molecule has 0 radical (unpaired) electrons. The highest BCUT2D eigenvalue weighted by Gasteiger charge is 2.24. The fourth-order valence-electron chi connectivity index (χ4n) is 2.93. The van der Waals surface area contributed by atoms with E-state index in [0.29, 0.717) is 5.65 Å². The normalized spacial score (nSPS) is 17.5. The monoisotopic (exact) mass is 417 g/mol. The van der Waals surface area contributed by atoms with Crippen LogP contribution in [0.25, 0.3) is 11.0 Å². The molecule has 2 heterocycles. The highest BCUT2D eigenvalue weighted by Crippen LogP contribution is 2.31. The first-order chi connectivity index (χ1) is 10.0. The van der Waals surface area contributed by atoms with E-state index in [9.17, 15) is 9.35 Å². The Hall–Kier alpha value is -0.670. The molecular formula is C14H16IN3O2S. The number of pyridine rings is 1. The van der Waals surface area contributed by atoms with Gasteiger partial charge in [-0.05, 0) is 47.9 Å². The number of hydrogen-bond donors (Lipinski definition) is 0. The van der Waals surface area contributed by atoms with E-state index in [0.717, 1.165) is 40.2 Å². The van der Waals surface area contributed by atoms with Crippen LogP contribution in [0, 0.1) is 10.5 Å². The third-order valence-electron chi connectivity index (χ3n) is 4.06. The number of halogens is 1. The largest absolute Gasteiger partial charge is 0.609 e. The van der Waals surface area contributed by atoms with E-state index >= 15 is 0 Å². The lowest BCUT2D eigenvalue weighted by molar-refractivity contribution is 0.511. The Labute approximate surface area is 139 Å². The van der Waals surface area contributed by atoms with Gasteiger partial charge in [0.05, 0.1) is 3.57 Å². The van der Waals surface area contributed by atoms with Crippen molar-refractivity contribution >= 4 is 44.8 Å². The summed E-state index contributed by atoms with van der Waals surface area (Å²) in [5.74, 6) is 0. The van der Waals surface area contributed by atoms with Crippen molar-refractivity contribution in [2.75, 3.05) is 6.26 Å². The quantitative estimate of drug-likeness (QED) is 0.428. The smallest absolute Gasteiger partial charge is 0.344 e. The topological polar surface area (TPSA) is 70.8 Å². The number of rotatable bonds is 2. The molecule has 112 valence electrons. The van der Waals surface area contributed by atoms with Gasteiger partial charge in [0.15, 0.2) is 5.65 Å². The molecule has 0 spiro atoms. The summed E-state index contributed by atoms with van der Waals surface area (Å²) >= 11 is 0.849. The van der Waals surface area contributed by atoms with E-state index in [2.05, 4.69) is 32.6 Å². The lowest BCUT2D eigenvalue weighted by Crippen LogP contribution is -2.28. The summed E-state index contributed by atoms with van der Waals surface area (Å²) in [6, 6.07) is 0.196. The molecule has 0 saturated heterocycles. The van der Waals surface area contributed by atoms with Crippen LogP contribution in [0.3, 0.4) is 0 Å². The van der Waals surface area contributed by atoms with Gasteiger partial charge in [-0.25, -0.2) is 0 Å². The van der Waals surface area contributed by atoms with E-state index in [4.69, 9.17) is 0 Å². The predicted octanol–water partition coefficient (Wildman–Crippen LogP) is 2.56. The van der Waals surface area contributed by atoms with Crippen LogP contribution < -0.4 is 5.56 Å². The zero-order valence-electron chi connectivity index (χ0n) is 11.9. The number of aryl methyl sites for hydroxylation is 1. The summed E-state index contributed by atoms with van der Waals surface area (Å²) in [6.07, 6.45) is 7.53. The lowest BCUT2D eigenvalue weighted by Gasteiger charge is -2.18. The zero-order chi connectivity index (χ0) is 15.1. The molecule has 1 saturated carbocycles. The van der Waals surface area contributed by atoms with Gasteiger partial charge in [0.1, 0.15) is 6.26 Å². The fraction of sp³-hybridized carbons (Fsp3) is 0.500. The van der Waals surface area contributed by atoms with Gasteiger partial charge in [-0.2, -0.15) is 9.97 Å². The highest BCUT2D eigenvalue weighted by atomic mass is 127. The molecule has 1 aliphatic rings. The van der Waals surface area contributed by atoms with Gasteiger partial charge >= 0.3 is 5.16 Å². The maximum Gasteiger partial charge on any atom is 0.344 e. The van der Waals surface area contributed by atoms with Crippen molar-refractivity contribution < 1.29 is 4.55 Å². The van der Waals surface area contributed by atoms with Crippen molar-refractivity contribution in [1.82, 2.24) is 14.5 Å². The van der Waals surface area contributed by atoms with Crippen molar-refractivity contribution in [2.24, 2.45) is 0 Å². The lowest BCUT2D eigenvalue weighted by atomic mass is 10.1. The van der Waals surface area contributed by atoms with E-state index < -0.39 is 11.2 Å². The Balaban J connectivity index is 2.36. The Kier molecular flexibility index (Phi) is 4.24. The average molecular weight is 417 g/mol. The SMILES string of the molecule is Cc1c(I)c(=O)n(C2CCCC2)c2nc([S+](C)[O-])ncc12. The van der Waals surface area contributed by atoms with Crippen molar-refractivity contribution in [3.05, 3.63) is 25.7 Å². The molecule has 3 rings (SSSR count). The second kappa shape index (κ2) is 5.85. The van der Waals surface area contributed by atoms with Gasteiger partial charge in [-0.1, -0.05) is 12.8 Å². The number of nitrogens with zero attached hydrogens (tertiary/aromatic N) is 3. The number of fused-ring (bicyclic) bond motifs is 1. The Morgan fingerprint density at radius 2 is 2.10 bits per heavy atom. The maximum absolute atomic E-state index is 12.7. The standard InChI is InChI=1S/C14H16IN3O2S/c1-8-10-7-16-14(21(2)20)17-12(10)18(13(19)11(8)15)9-5-3-4-6-9/h7,9H,3-6H2,1-2H3. The van der Waals surface area contributed by atoms with Gasteiger partial charge < -0.3 is 4.55 Å². The molecule has 0 N–H and O–H groups in total. The molecule has 5 nitrogen and oxygen atoms in total. The molecule has 1 unspecified atom stereocenters. The van der Waals surface area contributed by atoms with E-state index in [1.807, 2.05) is 6.92 Å². The van der Waals surface area contributed by atoms with Gasteiger partial charge in [0, 0.05) is 28.8 Å². The molecular weight excluding hydrogens is 401 g/mol. The zero-order valence-corrected chi connectivity index (χ0v) is 14.9. The van der Waals surface area contributed by atoms with Crippen LogP contribution in [0.4, 0.5) is 0 Å². The molecule has 0 aliphatic heterocycles. The molecule has 0 aromatic carbocycles. The highest BCUT2D eigenvalue weighted by molar-refractivity contribution is 14.1. The van der Waals surface area contributed by atoms with Gasteiger partial charge in [0.2, 0.25) is 0 Å². The molecule has 1 fully saturated rings. The summed E-state index contributed by atoms with van der Waals surface area (Å²) in [5.41, 5.74) is 1.54. The minimum atomic E-state index is -1.25. The molecule has 0 bridgehead atoms. The molecule has 2 aromatic heterocycles. The van der Waals surface area contributed by atoms with Crippen LogP contribution in [0.1, 0.15) is 37.3 Å². The molecule has 21 heavy (non-hydrogen) atoms. The number of aromatic nitrogens is 3.